The molecule has 2 fully saturated rings. The molecule has 4 aromatic rings. The van der Waals surface area contributed by atoms with Gasteiger partial charge in [-0.2, -0.15) is 5.10 Å². The summed E-state index contributed by atoms with van der Waals surface area (Å²) in [6.45, 7) is 1.51. The molecule has 0 radical (unpaired) electrons. The Morgan fingerprint density at radius 2 is 1.66 bits per heavy atom. The Balaban J connectivity index is 1.31. The molecule has 8 heteroatoms. The van der Waals surface area contributed by atoms with E-state index in [1.54, 1.807) is 12.1 Å². The van der Waals surface area contributed by atoms with Crippen molar-refractivity contribution in [3.05, 3.63) is 66.5 Å². The van der Waals surface area contributed by atoms with Crippen LogP contribution in [0.5, 0.6) is 11.6 Å². The molecule has 1 saturated heterocycles. The minimum Gasteiger partial charge on any atom is -0.435 e. The molecule has 2 aromatic heterocycles. The van der Waals surface area contributed by atoms with E-state index in [0.29, 0.717) is 22.7 Å². The number of nitrogens with zero attached hydrogens (tertiary/aromatic N) is 3. The maximum absolute atomic E-state index is 11.8. The molecule has 0 spiro atoms. The first-order valence-corrected chi connectivity index (χ1v) is 13.9. The fraction of sp³-hybridized carbons (Fsp3) is 0.333. The van der Waals surface area contributed by atoms with E-state index < -0.39 is 9.84 Å². The highest BCUT2D eigenvalue weighted by molar-refractivity contribution is 7.90. The van der Waals surface area contributed by atoms with Gasteiger partial charge in [-0.3, -0.25) is 4.68 Å². The smallest absolute Gasteiger partial charge is 0.219 e. The molecule has 6 rings (SSSR count). The van der Waals surface area contributed by atoms with E-state index in [2.05, 4.69) is 4.68 Å². The molecule has 180 valence electrons. The minimum absolute atomic E-state index is 0.308. The van der Waals surface area contributed by atoms with Crippen LogP contribution < -0.4 is 4.74 Å². The molecule has 0 unspecified atom stereocenters. The number of rotatable bonds is 6. The first-order chi connectivity index (χ1) is 16.9. The summed E-state index contributed by atoms with van der Waals surface area (Å²) in [5.74, 6) is 1.65. The molecule has 0 amide bonds. The summed E-state index contributed by atoms with van der Waals surface area (Å²) in [5.41, 5.74) is 3.71. The zero-order valence-corrected chi connectivity index (χ0v) is 20.4. The van der Waals surface area contributed by atoms with Crippen LogP contribution in [0, 0.1) is 0 Å². The summed E-state index contributed by atoms with van der Waals surface area (Å²) < 4.78 is 37.5. The zero-order valence-electron chi connectivity index (χ0n) is 19.6. The Morgan fingerprint density at radius 1 is 0.943 bits per heavy atom. The largest absolute Gasteiger partial charge is 0.435 e. The maximum atomic E-state index is 11.8. The molecule has 7 nitrogen and oxygen atoms in total. The van der Waals surface area contributed by atoms with E-state index in [1.165, 1.54) is 6.26 Å². The quantitative estimate of drug-likeness (QED) is 0.354. The van der Waals surface area contributed by atoms with Crippen molar-refractivity contribution in [2.75, 3.05) is 19.5 Å². The standard InChI is InChI=1S/C27H27N3O4S/c1-35(31,32)23-9-4-18(5-10-23)21-3-2-19-6-11-26(28-24(19)16-21)34-25-17-30(22-7-8-22)29-27(25)20-12-14-33-15-13-20/h2-6,9-11,16-17,20,22H,7-8,12-15H2,1H3. The predicted molar refractivity (Wildman–Crippen MR) is 134 cm³/mol. The molecule has 2 aromatic carbocycles. The number of fused-ring (bicyclic) bond motifs is 1. The van der Waals surface area contributed by atoms with Crippen LogP contribution in [-0.2, 0) is 14.6 Å². The van der Waals surface area contributed by atoms with Crippen LogP contribution in [0.15, 0.2) is 65.7 Å². The summed E-state index contributed by atoms with van der Waals surface area (Å²) in [6.07, 6.45) is 7.46. The summed E-state index contributed by atoms with van der Waals surface area (Å²) >= 11 is 0. The molecular weight excluding hydrogens is 462 g/mol. The van der Waals surface area contributed by atoms with Crippen LogP contribution in [0.1, 0.15) is 43.3 Å². The van der Waals surface area contributed by atoms with Crippen molar-refractivity contribution in [3.8, 4) is 22.8 Å². The van der Waals surface area contributed by atoms with Crippen LogP contribution >= 0.6 is 0 Å². The van der Waals surface area contributed by atoms with Gasteiger partial charge in [-0.15, -0.1) is 0 Å². The SMILES string of the molecule is CS(=O)(=O)c1ccc(-c2ccc3ccc(Oc4cn(C5CC5)nc4C4CCOCC4)nc3c2)cc1. The van der Waals surface area contributed by atoms with Gasteiger partial charge >= 0.3 is 0 Å². The first-order valence-electron chi connectivity index (χ1n) is 12.0. The van der Waals surface area contributed by atoms with Gasteiger partial charge < -0.3 is 9.47 Å². The summed E-state index contributed by atoms with van der Waals surface area (Å²) in [5, 5.41) is 5.90. The van der Waals surface area contributed by atoms with Crippen molar-refractivity contribution in [2.45, 2.75) is 42.5 Å². The van der Waals surface area contributed by atoms with Gasteiger partial charge in [0.25, 0.3) is 0 Å². The van der Waals surface area contributed by atoms with Crippen molar-refractivity contribution in [1.29, 1.82) is 0 Å². The van der Waals surface area contributed by atoms with Gasteiger partial charge in [0.05, 0.1) is 22.7 Å². The number of aromatic nitrogens is 3. The second-order valence-electron chi connectivity index (χ2n) is 9.43. The Hall–Kier alpha value is -3.23. The summed E-state index contributed by atoms with van der Waals surface area (Å²) in [6, 6.07) is 17.3. The van der Waals surface area contributed by atoms with Gasteiger partial charge in [0.2, 0.25) is 5.88 Å². The Morgan fingerprint density at radius 3 is 2.37 bits per heavy atom. The van der Waals surface area contributed by atoms with Gasteiger partial charge in [-0.25, -0.2) is 13.4 Å². The average molecular weight is 490 g/mol. The van der Waals surface area contributed by atoms with Gasteiger partial charge in [0.15, 0.2) is 15.6 Å². The molecule has 0 bridgehead atoms. The van der Waals surface area contributed by atoms with Gasteiger partial charge in [-0.1, -0.05) is 24.3 Å². The number of benzene rings is 2. The molecule has 1 aliphatic heterocycles. The van der Waals surface area contributed by atoms with E-state index >= 15 is 0 Å². The number of hydrogen-bond acceptors (Lipinski definition) is 6. The van der Waals surface area contributed by atoms with E-state index in [4.69, 9.17) is 19.6 Å². The van der Waals surface area contributed by atoms with Crippen molar-refractivity contribution in [1.82, 2.24) is 14.8 Å². The highest BCUT2D eigenvalue weighted by Crippen LogP contribution is 2.40. The number of pyridine rings is 1. The second kappa shape index (κ2) is 8.77. The van der Waals surface area contributed by atoms with E-state index in [0.717, 1.165) is 72.4 Å². The third-order valence-electron chi connectivity index (χ3n) is 6.75. The van der Waals surface area contributed by atoms with Crippen LogP contribution in [-0.4, -0.2) is 42.7 Å². The van der Waals surface area contributed by atoms with Gasteiger partial charge in [-0.05, 0) is 61.1 Å². The molecule has 2 aliphatic rings. The zero-order chi connectivity index (χ0) is 24.0. The molecule has 35 heavy (non-hydrogen) atoms. The highest BCUT2D eigenvalue weighted by Gasteiger charge is 2.30. The molecular formula is C27H27N3O4S. The molecule has 1 aliphatic carbocycles. The van der Waals surface area contributed by atoms with Crippen molar-refractivity contribution in [3.63, 3.8) is 0 Å². The van der Waals surface area contributed by atoms with Crippen LogP contribution in [0.25, 0.3) is 22.0 Å². The predicted octanol–water partition coefficient (Wildman–Crippen LogP) is 5.52. The van der Waals surface area contributed by atoms with Crippen molar-refractivity contribution >= 4 is 20.7 Å². The Labute approximate surface area is 204 Å². The Bertz CT molecular complexity index is 1480. The number of ether oxygens (including phenoxy) is 2. The third-order valence-corrected chi connectivity index (χ3v) is 7.88. The lowest BCUT2D eigenvalue weighted by molar-refractivity contribution is 0.0839. The maximum Gasteiger partial charge on any atom is 0.219 e. The van der Waals surface area contributed by atoms with Crippen molar-refractivity contribution < 1.29 is 17.9 Å². The van der Waals surface area contributed by atoms with E-state index in [-0.39, 0.29) is 0 Å². The first kappa shape index (κ1) is 22.2. The van der Waals surface area contributed by atoms with Crippen molar-refractivity contribution in [2.24, 2.45) is 0 Å². The summed E-state index contributed by atoms with van der Waals surface area (Å²) in [7, 11) is -3.23. The van der Waals surface area contributed by atoms with Crippen LogP contribution in [0.4, 0.5) is 0 Å². The van der Waals surface area contributed by atoms with Gasteiger partial charge in [0.1, 0.15) is 5.69 Å². The molecule has 0 atom stereocenters. The lowest BCUT2D eigenvalue weighted by Gasteiger charge is -2.21. The van der Waals surface area contributed by atoms with Crippen LogP contribution in [0.3, 0.4) is 0 Å². The third kappa shape index (κ3) is 4.68. The topological polar surface area (TPSA) is 83.3 Å². The van der Waals surface area contributed by atoms with Crippen LogP contribution in [0.2, 0.25) is 0 Å². The lowest BCUT2D eigenvalue weighted by Crippen LogP contribution is -2.15. The molecule has 0 N–H and O–H groups in total. The fourth-order valence-corrected chi connectivity index (χ4v) is 5.22. The van der Waals surface area contributed by atoms with E-state index in [9.17, 15) is 8.42 Å². The molecule has 3 heterocycles. The average Bonchev–Trinajstić information content (AvgIpc) is 3.64. The minimum atomic E-state index is -3.23. The normalized spacial score (nSPS) is 17.1. The second-order valence-corrected chi connectivity index (χ2v) is 11.4. The fourth-order valence-electron chi connectivity index (χ4n) is 4.59. The van der Waals surface area contributed by atoms with E-state index in [1.807, 2.05) is 48.7 Å². The van der Waals surface area contributed by atoms with Gasteiger partial charge in [0, 0.05) is 36.8 Å². The number of sulfone groups is 1. The molecule has 1 saturated carbocycles. The monoisotopic (exact) mass is 489 g/mol. The lowest BCUT2D eigenvalue weighted by atomic mass is 9.96. The number of hydrogen-bond donors (Lipinski definition) is 0. The Kier molecular flexibility index (Phi) is 5.57. The highest BCUT2D eigenvalue weighted by atomic mass is 32.2. The summed E-state index contributed by atoms with van der Waals surface area (Å²) in [4.78, 5) is 5.10.